The molecule has 15 heavy (non-hydrogen) atoms. The molecule has 0 aliphatic rings. The highest BCUT2D eigenvalue weighted by atomic mass is 32.1. The van der Waals surface area contributed by atoms with Crippen molar-refractivity contribution in [1.82, 2.24) is 4.98 Å². The van der Waals surface area contributed by atoms with Crippen molar-refractivity contribution in [3.05, 3.63) is 41.4 Å². The molecule has 0 aliphatic heterocycles. The number of thiazole rings is 1. The standard InChI is InChI=1S/C12H14N2S/c13-9-5-1-2-8-12-14-10-6-3-4-7-11(10)15-12/h1-4,6-7H,5,8-9,13H2. The second-order valence-corrected chi connectivity index (χ2v) is 4.44. The number of fused-ring (bicyclic) bond motifs is 1. The Balaban J connectivity index is 2.09. The molecule has 0 atom stereocenters. The molecule has 1 heterocycles. The lowest BCUT2D eigenvalue weighted by molar-refractivity contribution is 1.00. The van der Waals surface area contributed by atoms with Crippen molar-refractivity contribution in [2.75, 3.05) is 6.54 Å². The van der Waals surface area contributed by atoms with Gasteiger partial charge in [0.15, 0.2) is 0 Å². The smallest absolute Gasteiger partial charge is 0.0976 e. The highest BCUT2D eigenvalue weighted by Crippen LogP contribution is 2.21. The molecular formula is C12H14N2S. The van der Waals surface area contributed by atoms with Crippen molar-refractivity contribution in [2.24, 2.45) is 5.73 Å². The van der Waals surface area contributed by atoms with E-state index in [2.05, 4.69) is 35.3 Å². The van der Waals surface area contributed by atoms with Gasteiger partial charge >= 0.3 is 0 Å². The van der Waals surface area contributed by atoms with Crippen LogP contribution in [0.3, 0.4) is 0 Å². The predicted octanol–water partition coefficient (Wildman–Crippen LogP) is 2.74. The molecule has 0 unspecified atom stereocenters. The first-order chi connectivity index (χ1) is 7.40. The van der Waals surface area contributed by atoms with Crippen molar-refractivity contribution in [1.29, 1.82) is 0 Å². The Morgan fingerprint density at radius 1 is 1.27 bits per heavy atom. The van der Waals surface area contributed by atoms with Crippen LogP contribution in [0.15, 0.2) is 36.4 Å². The fourth-order valence-electron chi connectivity index (χ4n) is 1.41. The van der Waals surface area contributed by atoms with E-state index in [9.17, 15) is 0 Å². The Kier molecular flexibility index (Phi) is 3.48. The molecule has 2 rings (SSSR count). The molecule has 0 spiro atoms. The average Bonchev–Trinajstić information content (AvgIpc) is 2.67. The summed E-state index contributed by atoms with van der Waals surface area (Å²) in [5, 5.41) is 1.17. The summed E-state index contributed by atoms with van der Waals surface area (Å²) in [6.45, 7) is 0.719. The Morgan fingerprint density at radius 2 is 2.13 bits per heavy atom. The second kappa shape index (κ2) is 5.05. The van der Waals surface area contributed by atoms with Gasteiger partial charge in [0.2, 0.25) is 0 Å². The van der Waals surface area contributed by atoms with Crippen molar-refractivity contribution in [3.8, 4) is 0 Å². The lowest BCUT2D eigenvalue weighted by atomic mass is 10.3. The van der Waals surface area contributed by atoms with Crippen LogP contribution in [0.1, 0.15) is 11.4 Å². The second-order valence-electron chi connectivity index (χ2n) is 3.33. The number of aromatic nitrogens is 1. The maximum atomic E-state index is 5.40. The van der Waals surface area contributed by atoms with Crippen LogP contribution >= 0.6 is 11.3 Å². The van der Waals surface area contributed by atoms with Gasteiger partial charge in [-0.2, -0.15) is 0 Å². The van der Waals surface area contributed by atoms with Crippen LogP contribution in [0.25, 0.3) is 10.2 Å². The number of hydrogen-bond donors (Lipinski definition) is 1. The first-order valence-corrected chi connectivity index (χ1v) is 5.91. The minimum absolute atomic E-state index is 0.719. The SMILES string of the molecule is NCCC=CCc1nc2ccccc2s1. The largest absolute Gasteiger partial charge is 0.330 e. The van der Waals surface area contributed by atoms with Gasteiger partial charge in [0.25, 0.3) is 0 Å². The maximum absolute atomic E-state index is 5.40. The molecule has 0 bridgehead atoms. The van der Waals surface area contributed by atoms with Gasteiger partial charge in [-0.15, -0.1) is 11.3 Å². The van der Waals surface area contributed by atoms with Gasteiger partial charge in [0.1, 0.15) is 0 Å². The summed E-state index contributed by atoms with van der Waals surface area (Å²) in [5.41, 5.74) is 6.51. The van der Waals surface area contributed by atoms with E-state index in [-0.39, 0.29) is 0 Å². The van der Waals surface area contributed by atoms with Gasteiger partial charge in [-0.3, -0.25) is 0 Å². The Labute approximate surface area is 93.4 Å². The van der Waals surface area contributed by atoms with E-state index in [1.807, 2.05) is 6.07 Å². The molecule has 0 saturated carbocycles. The number of rotatable bonds is 4. The zero-order valence-electron chi connectivity index (χ0n) is 8.52. The molecule has 0 aliphatic carbocycles. The third kappa shape index (κ3) is 2.64. The van der Waals surface area contributed by atoms with Gasteiger partial charge < -0.3 is 5.73 Å². The van der Waals surface area contributed by atoms with E-state index in [0.29, 0.717) is 0 Å². The fraction of sp³-hybridized carbons (Fsp3) is 0.250. The summed E-state index contributed by atoms with van der Waals surface area (Å²) in [6, 6.07) is 8.24. The van der Waals surface area contributed by atoms with Gasteiger partial charge in [-0.25, -0.2) is 4.98 Å². The molecular weight excluding hydrogens is 204 g/mol. The quantitative estimate of drug-likeness (QED) is 0.801. The minimum atomic E-state index is 0.719. The number of allylic oxidation sites excluding steroid dienone is 1. The predicted molar refractivity (Wildman–Crippen MR) is 66.1 cm³/mol. The molecule has 2 nitrogen and oxygen atoms in total. The van der Waals surface area contributed by atoms with Crippen molar-refractivity contribution in [2.45, 2.75) is 12.8 Å². The molecule has 0 radical (unpaired) electrons. The van der Waals surface area contributed by atoms with E-state index in [4.69, 9.17) is 5.73 Å². The molecule has 2 aromatic rings. The van der Waals surface area contributed by atoms with E-state index in [1.165, 1.54) is 9.71 Å². The van der Waals surface area contributed by atoms with E-state index in [1.54, 1.807) is 11.3 Å². The molecule has 1 aromatic heterocycles. The van der Waals surface area contributed by atoms with Crippen LogP contribution in [0.4, 0.5) is 0 Å². The zero-order chi connectivity index (χ0) is 10.5. The Morgan fingerprint density at radius 3 is 2.93 bits per heavy atom. The summed E-state index contributed by atoms with van der Waals surface area (Å²) in [4.78, 5) is 4.55. The molecule has 78 valence electrons. The van der Waals surface area contributed by atoms with Crippen LogP contribution in [0, 0.1) is 0 Å². The maximum Gasteiger partial charge on any atom is 0.0976 e. The highest BCUT2D eigenvalue weighted by Gasteiger charge is 1.99. The Bertz CT molecular complexity index is 426. The van der Waals surface area contributed by atoms with Gasteiger partial charge in [-0.1, -0.05) is 24.3 Å². The van der Waals surface area contributed by atoms with Crippen LogP contribution in [0.5, 0.6) is 0 Å². The van der Waals surface area contributed by atoms with Crippen LogP contribution in [0.2, 0.25) is 0 Å². The summed E-state index contributed by atoms with van der Waals surface area (Å²) in [6.07, 6.45) is 6.13. The lowest BCUT2D eigenvalue weighted by Crippen LogP contribution is -1.95. The number of nitrogens with two attached hydrogens (primary N) is 1. The summed E-state index contributed by atoms with van der Waals surface area (Å²) < 4.78 is 1.26. The van der Waals surface area contributed by atoms with Gasteiger partial charge in [-0.05, 0) is 25.1 Å². The number of para-hydroxylation sites is 1. The van der Waals surface area contributed by atoms with Crippen LogP contribution < -0.4 is 5.73 Å². The first kappa shape index (κ1) is 10.3. The normalized spacial score (nSPS) is 11.5. The topological polar surface area (TPSA) is 38.9 Å². The van der Waals surface area contributed by atoms with Crippen LogP contribution in [-0.4, -0.2) is 11.5 Å². The minimum Gasteiger partial charge on any atom is -0.330 e. The number of benzene rings is 1. The zero-order valence-corrected chi connectivity index (χ0v) is 9.33. The third-order valence-corrected chi connectivity index (χ3v) is 3.19. The van der Waals surface area contributed by atoms with Crippen molar-refractivity contribution >= 4 is 21.6 Å². The highest BCUT2D eigenvalue weighted by molar-refractivity contribution is 7.18. The lowest BCUT2D eigenvalue weighted by Gasteiger charge is -1.86. The summed E-state index contributed by atoms with van der Waals surface area (Å²) in [5.74, 6) is 0. The van der Waals surface area contributed by atoms with Crippen LogP contribution in [-0.2, 0) is 6.42 Å². The molecule has 0 saturated heterocycles. The van der Waals surface area contributed by atoms with Crippen molar-refractivity contribution < 1.29 is 0 Å². The fourth-order valence-corrected chi connectivity index (χ4v) is 2.35. The summed E-state index contributed by atoms with van der Waals surface area (Å²) in [7, 11) is 0. The molecule has 0 amide bonds. The van der Waals surface area contributed by atoms with E-state index >= 15 is 0 Å². The molecule has 2 N–H and O–H groups in total. The average molecular weight is 218 g/mol. The van der Waals surface area contributed by atoms with E-state index < -0.39 is 0 Å². The molecule has 1 aromatic carbocycles. The first-order valence-electron chi connectivity index (χ1n) is 5.09. The van der Waals surface area contributed by atoms with Crippen molar-refractivity contribution in [3.63, 3.8) is 0 Å². The van der Waals surface area contributed by atoms with E-state index in [0.717, 1.165) is 24.9 Å². The monoisotopic (exact) mass is 218 g/mol. The molecule has 3 heteroatoms. The van der Waals surface area contributed by atoms with Gasteiger partial charge in [0.05, 0.1) is 15.2 Å². The summed E-state index contributed by atoms with van der Waals surface area (Å²) >= 11 is 1.76. The number of nitrogens with zero attached hydrogens (tertiary/aromatic N) is 1. The number of hydrogen-bond acceptors (Lipinski definition) is 3. The molecule has 0 fully saturated rings. The van der Waals surface area contributed by atoms with Gasteiger partial charge in [0, 0.05) is 6.42 Å². The third-order valence-electron chi connectivity index (χ3n) is 2.13. The Hall–Kier alpha value is -1.19.